The lowest BCUT2D eigenvalue weighted by atomic mass is 10.3. The van der Waals surface area contributed by atoms with Crippen LogP contribution in [0.4, 0.5) is 5.69 Å². The van der Waals surface area contributed by atoms with E-state index in [9.17, 15) is 5.11 Å². The summed E-state index contributed by atoms with van der Waals surface area (Å²) in [4.78, 5) is 7.19. The first-order valence-electron chi connectivity index (χ1n) is 3.95. The van der Waals surface area contributed by atoms with Gasteiger partial charge in [-0.2, -0.15) is 4.99 Å². The molecule has 0 aliphatic carbocycles. The van der Waals surface area contributed by atoms with Gasteiger partial charge >= 0.3 is 0 Å². The minimum Gasteiger partial charge on any atom is -0.508 e. The molecule has 0 radical (unpaired) electrons. The molecule has 8 N–H and O–H groups in total. The number of phenols is 2. The summed E-state index contributed by atoms with van der Waals surface area (Å²) in [5.74, 6) is -0.707. The molecule has 1 rings (SSSR count). The first-order valence-corrected chi connectivity index (χ1v) is 3.95. The Labute approximate surface area is 85.6 Å². The Morgan fingerprint density at radius 2 is 1.80 bits per heavy atom. The Morgan fingerprint density at radius 1 is 1.13 bits per heavy atom. The van der Waals surface area contributed by atoms with Gasteiger partial charge in [-0.1, -0.05) is 0 Å². The molecule has 1 aromatic rings. The minimum absolute atomic E-state index is 0.0770. The van der Waals surface area contributed by atoms with Crippen LogP contribution in [0.2, 0.25) is 0 Å². The van der Waals surface area contributed by atoms with Gasteiger partial charge in [-0.15, -0.1) is 0 Å². The lowest BCUT2D eigenvalue weighted by Crippen LogP contribution is -2.26. The maximum absolute atomic E-state index is 9.34. The van der Waals surface area contributed by atoms with Crippen molar-refractivity contribution in [3.63, 3.8) is 0 Å². The van der Waals surface area contributed by atoms with Crippen LogP contribution >= 0.6 is 0 Å². The van der Waals surface area contributed by atoms with Crippen LogP contribution < -0.4 is 17.2 Å². The highest BCUT2D eigenvalue weighted by Crippen LogP contribution is 2.29. The van der Waals surface area contributed by atoms with Crippen molar-refractivity contribution in [3.05, 3.63) is 18.2 Å². The lowest BCUT2D eigenvalue weighted by molar-refractivity contribution is 0.451. The van der Waals surface area contributed by atoms with Crippen molar-refractivity contribution in [2.24, 2.45) is 27.2 Å². The molecule has 15 heavy (non-hydrogen) atoms. The second-order valence-corrected chi connectivity index (χ2v) is 2.68. The van der Waals surface area contributed by atoms with E-state index in [2.05, 4.69) is 9.98 Å². The average Bonchev–Trinajstić information content (AvgIpc) is 2.08. The van der Waals surface area contributed by atoms with E-state index in [1.165, 1.54) is 12.1 Å². The summed E-state index contributed by atoms with van der Waals surface area (Å²) in [6, 6.07) is 3.85. The van der Waals surface area contributed by atoms with E-state index < -0.39 is 0 Å². The molecule has 1 aromatic carbocycles. The van der Waals surface area contributed by atoms with Crippen LogP contribution in [0.15, 0.2) is 28.2 Å². The van der Waals surface area contributed by atoms with Gasteiger partial charge in [-0.25, -0.2) is 4.99 Å². The largest absolute Gasteiger partial charge is 0.508 e. The normalized spacial score (nSPS) is 11.1. The molecule has 0 amide bonds. The number of nitrogens with two attached hydrogens (primary N) is 3. The summed E-state index contributed by atoms with van der Waals surface area (Å²) >= 11 is 0. The Kier molecular flexibility index (Phi) is 2.97. The van der Waals surface area contributed by atoms with Crippen LogP contribution in [-0.2, 0) is 0 Å². The SMILES string of the molecule is NC(N)=NC(N)=Nc1ccc(O)cc1O. The van der Waals surface area contributed by atoms with Gasteiger partial charge in [0.15, 0.2) is 5.96 Å². The summed E-state index contributed by atoms with van der Waals surface area (Å²) in [6.07, 6.45) is 0. The second-order valence-electron chi connectivity index (χ2n) is 2.68. The van der Waals surface area contributed by atoms with Gasteiger partial charge in [0, 0.05) is 6.07 Å². The Bertz CT molecular complexity index is 423. The molecular formula is C8H11N5O2. The van der Waals surface area contributed by atoms with E-state index in [0.717, 1.165) is 6.07 Å². The number of benzene rings is 1. The van der Waals surface area contributed by atoms with Crippen molar-refractivity contribution in [2.45, 2.75) is 0 Å². The first kappa shape index (κ1) is 10.6. The molecule has 0 aromatic heterocycles. The molecule has 0 aliphatic rings. The highest BCUT2D eigenvalue weighted by Gasteiger charge is 2.01. The van der Waals surface area contributed by atoms with Crippen molar-refractivity contribution in [1.29, 1.82) is 0 Å². The van der Waals surface area contributed by atoms with Gasteiger partial charge in [0.05, 0.1) is 0 Å². The van der Waals surface area contributed by atoms with Crippen molar-refractivity contribution >= 4 is 17.6 Å². The van der Waals surface area contributed by atoms with Crippen molar-refractivity contribution in [1.82, 2.24) is 0 Å². The van der Waals surface area contributed by atoms with E-state index in [4.69, 9.17) is 22.3 Å². The zero-order chi connectivity index (χ0) is 11.4. The lowest BCUT2D eigenvalue weighted by Gasteiger charge is -1.99. The Balaban J connectivity index is 3.03. The summed E-state index contributed by atoms with van der Waals surface area (Å²) in [5.41, 5.74) is 15.7. The molecule has 0 atom stereocenters. The number of aromatic hydroxyl groups is 2. The number of hydrogen-bond donors (Lipinski definition) is 5. The zero-order valence-electron chi connectivity index (χ0n) is 7.75. The summed E-state index contributed by atoms with van der Waals surface area (Å²) in [6.45, 7) is 0. The van der Waals surface area contributed by atoms with Gasteiger partial charge in [0.25, 0.3) is 0 Å². The summed E-state index contributed by atoms with van der Waals surface area (Å²) in [5, 5.41) is 18.4. The molecular weight excluding hydrogens is 198 g/mol. The minimum atomic E-state index is -0.227. The molecule has 7 nitrogen and oxygen atoms in total. The molecule has 0 saturated heterocycles. The van der Waals surface area contributed by atoms with Gasteiger partial charge in [0.1, 0.15) is 17.2 Å². The van der Waals surface area contributed by atoms with E-state index in [1.807, 2.05) is 0 Å². The molecule has 0 spiro atoms. The molecule has 80 valence electrons. The third-order valence-electron chi connectivity index (χ3n) is 1.44. The average molecular weight is 209 g/mol. The van der Waals surface area contributed by atoms with Crippen molar-refractivity contribution < 1.29 is 10.2 Å². The van der Waals surface area contributed by atoms with Gasteiger partial charge in [0.2, 0.25) is 5.96 Å². The number of nitrogens with zero attached hydrogens (tertiary/aromatic N) is 2. The quantitative estimate of drug-likeness (QED) is 0.307. The maximum atomic E-state index is 9.34. The molecule has 0 unspecified atom stereocenters. The Morgan fingerprint density at radius 3 is 2.33 bits per heavy atom. The third kappa shape index (κ3) is 3.07. The molecule has 0 aliphatic heterocycles. The molecule has 0 heterocycles. The predicted octanol–water partition coefficient (Wildman–Crippen LogP) is -0.683. The summed E-state index contributed by atoms with van der Waals surface area (Å²) in [7, 11) is 0. The highest BCUT2D eigenvalue weighted by atomic mass is 16.3. The van der Waals surface area contributed by atoms with Crippen LogP contribution in [0.5, 0.6) is 11.5 Å². The smallest absolute Gasteiger partial charge is 0.223 e. The number of hydrogen-bond acceptors (Lipinski definition) is 3. The first-order chi connectivity index (χ1) is 6.99. The van der Waals surface area contributed by atoms with E-state index in [1.54, 1.807) is 0 Å². The fourth-order valence-corrected chi connectivity index (χ4v) is 0.887. The fraction of sp³-hybridized carbons (Fsp3) is 0. The van der Waals surface area contributed by atoms with Crippen LogP contribution in [0.1, 0.15) is 0 Å². The number of rotatable bonds is 1. The molecule has 0 saturated carbocycles. The topological polar surface area (TPSA) is 143 Å². The standard InChI is InChI=1S/C8H11N5O2/c9-7(10)13-8(11)12-5-2-1-4(14)3-6(5)15/h1-3,14-15H,(H6,9,10,11,12,13). The monoisotopic (exact) mass is 209 g/mol. The van der Waals surface area contributed by atoms with Gasteiger partial charge in [-0.3, -0.25) is 0 Å². The molecule has 7 heteroatoms. The molecule has 0 bridgehead atoms. The van der Waals surface area contributed by atoms with Crippen LogP contribution in [0.3, 0.4) is 0 Å². The number of aliphatic imine (C=N–C) groups is 2. The van der Waals surface area contributed by atoms with Gasteiger partial charge < -0.3 is 27.4 Å². The van der Waals surface area contributed by atoms with Gasteiger partial charge in [-0.05, 0) is 12.1 Å². The Hall–Kier alpha value is -2.44. The fourth-order valence-electron chi connectivity index (χ4n) is 0.887. The van der Waals surface area contributed by atoms with E-state index in [0.29, 0.717) is 0 Å². The molecule has 0 fully saturated rings. The van der Waals surface area contributed by atoms with Crippen LogP contribution in [0.25, 0.3) is 0 Å². The number of phenolic OH excluding ortho intramolecular Hbond substituents is 2. The van der Waals surface area contributed by atoms with Crippen molar-refractivity contribution in [3.8, 4) is 11.5 Å². The second kappa shape index (κ2) is 4.18. The van der Waals surface area contributed by atoms with E-state index >= 15 is 0 Å². The van der Waals surface area contributed by atoms with Crippen molar-refractivity contribution in [2.75, 3.05) is 0 Å². The van der Waals surface area contributed by atoms with E-state index in [-0.39, 0.29) is 29.1 Å². The number of guanidine groups is 2. The van der Waals surface area contributed by atoms with Crippen LogP contribution in [-0.4, -0.2) is 22.1 Å². The van der Waals surface area contributed by atoms with Crippen LogP contribution in [0, 0.1) is 0 Å². The highest BCUT2D eigenvalue weighted by molar-refractivity contribution is 5.93. The zero-order valence-corrected chi connectivity index (χ0v) is 7.75. The summed E-state index contributed by atoms with van der Waals surface area (Å²) < 4.78 is 0. The predicted molar refractivity (Wildman–Crippen MR) is 56.9 cm³/mol. The maximum Gasteiger partial charge on any atom is 0.223 e. The third-order valence-corrected chi connectivity index (χ3v) is 1.44.